The van der Waals surface area contributed by atoms with Crippen LogP contribution in [0.5, 0.6) is 0 Å². The number of aromatic nitrogens is 1. The molecule has 2 aromatic rings. The predicted molar refractivity (Wildman–Crippen MR) is 56.5 cm³/mol. The molecule has 0 aliphatic rings. The Morgan fingerprint density at radius 1 is 1.36 bits per heavy atom. The topological polar surface area (TPSA) is 58.9 Å². The number of amides is 1. The zero-order valence-corrected chi connectivity index (χ0v) is 7.58. The number of H-pyrrole nitrogens is 1. The van der Waals surface area contributed by atoms with E-state index in [0.29, 0.717) is 5.57 Å². The molecule has 0 bridgehead atoms. The van der Waals surface area contributed by atoms with E-state index in [0.717, 1.165) is 16.5 Å². The first kappa shape index (κ1) is 8.56. The molecule has 0 saturated heterocycles. The average molecular weight is 186 g/mol. The highest BCUT2D eigenvalue weighted by molar-refractivity contribution is 6.20. The Balaban J connectivity index is 2.67. The normalized spacial score (nSPS) is 10.3. The van der Waals surface area contributed by atoms with Crippen molar-refractivity contribution in [2.75, 3.05) is 0 Å². The average Bonchev–Trinajstić information content (AvgIpc) is 2.63. The zero-order valence-electron chi connectivity index (χ0n) is 7.58. The summed E-state index contributed by atoms with van der Waals surface area (Å²) >= 11 is 0. The van der Waals surface area contributed by atoms with Gasteiger partial charge >= 0.3 is 0 Å². The summed E-state index contributed by atoms with van der Waals surface area (Å²) in [6.07, 6.45) is 1.82. The van der Waals surface area contributed by atoms with Crippen LogP contribution in [0.3, 0.4) is 0 Å². The Bertz CT molecular complexity index is 511. The number of primary amides is 1. The minimum absolute atomic E-state index is 0.332. The van der Waals surface area contributed by atoms with Crippen LogP contribution in [0.4, 0.5) is 0 Å². The SMILES string of the molecule is C=C(C(N)=O)c1cccc2cc[nH]c12. The van der Waals surface area contributed by atoms with Gasteiger partial charge in [0.1, 0.15) is 0 Å². The van der Waals surface area contributed by atoms with Crippen LogP contribution >= 0.6 is 0 Å². The lowest BCUT2D eigenvalue weighted by Crippen LogP contribution is -2.12. The highest BCUT2D eigenvalue weighted by atomic mass is 16.1. The summed E-state index contributed by atoms with van der Waals surface area (Å²) in [4.78, 5) is 14.0. The third-order valence-electron chi connectivity index (χ3n) is 2.21. The summed E-state index contributed by atoms with van der Waals surface area (Å²) in [5, 5.41) is 1.05. The van der Waals surface area contributed by atoms with E-state index in [9.17, 15) is 4.79 Å². The first-order valence-electron chi connectivity index (χ1n) is 4.25. The van der Waals surface area contributed by atoms with Gasteiger partial charge in [-0.2, -0.15) is 0 Å². The molecule has 1 aromatic heterocycles. The van der Waals surface area contributed by atoms with Crippen LogP contribution in [0.15, 0.2) is 37.0 Å². The maximum atomic E-state index is 11.0. The lowest BCUT2D eigenvalue weighted by atomic mass is 10.0. The van der Waals surface area contributed by atoms with E-state index in [-0.39, 0.29) is 0 Å². The number of hydrogen-bond acceptors (Lipinski definition) is 1. The van der Waals surface area contributed by atoms with Crippen molar-refractivity contribution in [1.29, 1.82) is 0 Å². The lowest BCUT2D eigenvalue weighted by Gasteiger charge is -2.02. The molecule has 1 aromatic carbocycles. The van der Waals surface area contributed by atoms with Crippen molar-refractivity contribution in [3.05, 3.63) is 42.6 Å². The van der Waals surface area contributed by atoms with Crippen molar-refractivity contribution in [2.24, 2.45) is 5.73 Å². The van der Waals surface area contributed by atoms with Crippen LogP contribution in [-0.4, -0.2) is 10.9 Å². The molecule has 0 aliphatic heterocycles. The van der Waals surface area contributed by atoms with Gasteiger partial charge in [0.15, 0.2) is 0 Å². The molecule has 2 rings (SSSR count). The Labute approximate surface area is 81.2 Å². The molecule has 0 radical (unpaired) electrons. The number of aromatic amines is 1. The van der Waals surface area contributed by atoms with E-state index in [2.05, 4.69) is 11.6 Å². The predicted octanol–water partition coefficient (Wildman–Crippen LogP) is 1.67. The summed E-state index contributed by atoms with van der Waals surface area (Å²) in [5.74, 6) is -0.493. The minimum atomic E-state index is -0.493. The molecule has 1 heterocycles. The summed E-state index contributed by atoms with van der Waals surface area (Å²) in [6.45, 7) is 3.66. The quantitative estimate of drug-likeness (QED) is 0.688. The van der Waals surface area contributed by atoms with Crippen molar-refractivity contribution < 1.29 is 4.79 Å². The van der Waals surface area contributed by atoms with Gasteiger partial charge in [0.2, 0.25) is 5.91 Å². The summed E-state index contributed by atoms with van der Waals surface area (Å²) in [7, 11) is 0. The third-order valence-corrected chi connectivity index (χ3v) is 2.21. The van der Waals surface area contributed by atoms with Crippen LogP contribution in [0.25, 0.3) is 16.5 Å². The van der Waals surface area contributed by atoms with Gasteiger partial charge in [0, 0.05) is 17.3 Å². The number of fused-ring (bicyclic) bond motifs is 1. The molecule has 0 aliphatic carbocycles. The largest absolute Gasteiger partial charge is 0.366 e. The van der Waals surface area contributed by atoms with Crippen LogP contribution in [0, 0.1) is 0 Å². The molecule has 3 N–H and O–H groups in total. The molecular weight excluding hydrogens is 176 g/mol. The van der Waals surface area contributed by atoms with Crippen LogP contribution in [-0.2, 0) is 4.79 Å². The van der Waals surface area contributed by atoms with Crippen molar-refractivity contribution in [3.63, 3.8) is 0 Å². The molecule has 0 atom stereocenters. The van der Waals surface area contributed by atoms with Gasteiger partial charge in [-0.3, -0.25) is 4.79 Å². The second kappa shape index (κ2) is 3.03. The molecule has 70 valence electrons. The number of rotatable bonds is 2. The number of nitrogens with two attached hydrogens (primary N) is 1. The van der Waals surface area contributed by atoms with Gasteiger partial charge in [-0.05, 0) is 11.5 Å². The number of carbonyl (C=O) groups excluding carboxylic acids is 1. The highest BCUT2D eigenvalue weighted by Gasteiger charge is 2.08. The van der Waals surface area contributed by atoms with Gasteiger partial charge in [0.05, 0.1) is 5.52 Å². The summed E-state index contributed by atoms with van der Waals surface area (Å²) < 4.78 is 0. The van der Waals surface area contributed by atoms with Gasteiger partial charge in [-0.15, -0.1) is 0 Å². The Hall–Kier alpha value is -2.03. The molecule has 1 amide bonds. The van der Waals surface area contributed by atoms with Crippen molar-refractivity contribution >= 4 is 22.4 Å². The maximum Gasteiger partial charge on any atom is 0.248 e. The Kier molecular flexibility index (Phi) is 1.85. The minimum Gasteiger partial charge on any atom is -0.366 e. The van der Waals surface area contributed by atoms with E-state index in [1.54, 1.807) is 0 Å². The monoisotopic (exact) mass is 186 g/mol. The fraction of sp³-hybridized carbons (Fsp3) is 0. The van der Waals surface area contributed by atoms with Crippen LogP contribution in [0.1, 0.15) is 5.56 Å². The first-order valence-corrected chi connectivity index (χ1v) is 4.25. The fourth-order valence-electron chi connectivity index (χ4n) is 1.47. The first-order chi connectivity index (χ1) is 6.70. The van der Waals surface area contributed by atoms with E-state index in [4.69, 9.17) is 5.73 Å². The molecule has 3 nitrogen and oxygen atoms in total. The highest BCUT2D eigenvalue weighted by Crippen LogP contribution is 2.22. The number of nitrogens with one attached hydrogen (secondary N) is 1. The number of para-hydroxylation sites is 1. The van der Waals surface area contributed by atoms with Gasteiger partial charge < -0.3 is 10.7 Å². The molecule has 14 heavy (non-hydrogen) atoms. The maximum absolute atomic E-state index is 11.0. The molecule has 0 unspecified atom stereocenters. The third kappa shape index (κ3) is 1.19. The number of benzene rings is 1. The van der Waals surface area contributed by atoms with Gasteiger partial charge in [-0.1, -0.05) is 24.8 Å². The molecular formula is C11H10N2O. The molecule has 0 saturated carbocycles. The van der Waals surface area contributed by atoms with Crippen molar-refractivity contribution in [2.45, 2.75) is 0 Å². The summed E-state index contributed by atoms with van der Waals surface area (Å²) in [6, 6.07) is 7.60. The second-order valence-corrected chi connectivity index (χ2v) is 3.09. The zero-order chi connectivity index (χ0) is 10.1. The molecule has 0 spiro atoms. The fourth-order valence-corrected chi connectivity index (χ4v) is 1.47. The van der Waals surface area contributed by atoms with E-state index in [1.807, 2.05) is 30.5 Å². The Morgan fingerprint density at radius 3 is 2.86 bits per heavy atom. The van der Waals surface area contributed by atoms with Crippen LogP contribution < -0.4 is 5.73 Å². The summed E-state index contributed by atoms with van der Waals surface area (Å²) in [5.41, 5.74) is 7.17. The standard InChI is InChI=1S/C11H10N2O/c1-7(11(12)14)9-4-2-3-8-5-6-13-10(8)9/h2-6,13H,1H2,(H2,12,14). The second-order valence-electron chi connectivity index (χ2n) is 3.09. The van der Waals surface area contributed by atoms with Gasteiger partial charge in [0.25, 0.3) is 0 Å². The van der Waals surface area contributed by atoms with E-state index >= 15 is 0 Å². The van der Waals surface area contributed by atoms with Crippen molar-refractivity contribution in [1.82, 2.24) is 4.98 Å². The van der Waals surface area contributed by atoms with Crippen LogP contribution in [0.2, 0.25) is 0 Å². The van der Waals surface area contributed by atoms with Crippen molar-refractivity contribution in [3.8, 4) is 0 Å². The van der Waals surface area contributed by atoms with E-state index < -0.39 is 5.91 Å². The molecule has 0 fully saturated rings. The lowest BCUT2D eigenvalue weighted by molar-refractivity contribution is -0.112. The van der Waals surface area contributed by atoms with Gasteiger partial charge in [-0.25, -0.2) is 0 Å². The molecule has 3 heteroatoms. The number of carbonyl (C=O) groups is 1. The smallest absolute Gasteiger partial charge is 0.248 e. The Morgan fingerprint density at radius 2 is 2.14 bits per heavy atom. The van der Waals surface area contributed by atoms with E-state index in [1.165, 1.54) is 0 Å². The number of hydrogen-bond donors (Lipinski definition) is 2.